The third kappa shape index (κ3) is 2.63. The van der Waals surface area contributed by atoms with E-state index in [1.807, 2.05) is 0 Å². The molecule has 0 bridgehead atoms. The largest absolute Gasteiger partial charge is 0.508 e. The van der Waals surface area contributed by atoms with Crippen molar-refractivity contribution in [3.05, 3.63) is 28.8 Å². The maximum Gasteiger partial charge on any atom is 0.120 e. The van der Waals surface area contributed by atoms with Crippen LogP contribution in [0.3, 0.4) is 0 Å². The lowest BCUT2D eigenvalue weighted by Crippen LogP contribution is -2.26. The van der Waals surface area contributed by atoms with Crippen LogP contribution in [0.15, 0.2) is 18.2 Å². The fourth-order valence-corrected chi connectivity index (χ4v) is 1.51. The molecule has 1 aromatic rings. The topological polar surface area (TPSA) is 46.2 Å². The van der Waals surface area contributed by atoms with Gasteiger partial charge in [-0.3, -0.25) is 0 Å². The number of rotatable bonds is 3. The molecule has 0 aliphatic heterocycles. The lowest BCUT2D eigenvalue weighted by atomic mass is 9.85. The Bertz CT molecular complexity index is 303. The molecule has 78 valence electrons. The summed E-state index contributed by atoms with van der Waals surface area (Å²) < 4.78 is 0. The molecule has 1 rings (SSSR count). The van der Waals surface area contributed by atoms with Gasteiger partial charge in [0.2, 0.25) is 0 Å². The molecule has 0 radical (unpaired) electrons. The van der Waals surface area contributed by atoms with Crippen LogP contribution < -0.4 is 5.73 Å². The van der Waals surface area contributed by atoms with E-state index in [9.17, 15) is 5.11 Å². The lowest BCUT2D eigenvalue weighted by molar-refractivity contribution is 0.366. The van der Waals surface area contributed by atoms with Gasteiger partial charge in [0.25, 0.3) is 0 Å². The molecule has 14 heavy (non-hydrogen) atoms. The third-order valence-corrected chi connectivity index (χ3v) is 2.66. The molecule has 0 aliphatic carbocycles. The van der Waals surface area contributed by atoms with Crippen molar-refractivity contribution in [2.75, 3.05) is 6.54 Å². The molecule has 0 fully saturated rings. The zero-order valence-electron chi connectivity index (χ0n) is 8.55. The summed E-state index contributed by atoms with van der Waals surface area (Å²) in [6.45, 7) is 4.67. The zero-order valence-corrected chi connectivity index (χ0v) is 9.30. The molecule has 0 amide bonds. The first-order valence-corrected chi connectivity index (χ1v) is 5.00. The van der Waals surface area contributed by atoms with Crippen molar-refractivity contribution in [3.8, 4) is 5.75 Å². The van der Waals surface area contributed by atoms with Crippen molar-refractivity contribution in [2.24, 2.45) is 11.1 Å². The second kappa shape index (κ2) is 4.20. The van der Waals surface area contributed by atoms with Gasteiger partial charge in [-0.15, -0.1) is 0 Å². The van der Waals surface area contributed by atoms with Crippen LogP contribution in [0.5, 0.6) is 5.75 Å². The Balaban J connectivity index is 2.97. The van der Waals surface area contributed by atoms with Crippen LogP contribution in [0.4, 0.5) is 0 Å². The van der Waals surface area contributed by atoms with Crippen molar-refractivity contribution in [2.45, 2.75) is 20.3 Å². The highest BCUT2D eigenvalue weighted by atomic mass is 35.5. The maximum absolute atomic E-state index is 9.62. The Kier molecular flexibility index (Phi) is 3.40. The number of nitrogens with two attached hydrogens (primary N) is 1. The molecular formula is C11H16ClNO. The fraction of sp³-hybridized carbons (Fsp3) is 0.455. The van der Waals surface area contributed by atoms with Crippen molar-refractivity contribution in [3.63, 3.8) is 0 Å². The summed E-state index contributed by atoms with van der Waals surface area (Å²) in [5, 5.41) is 10.2. The van der Waals surface area contributed by atoms with Gasteiger partial charge in [0, 0.05) is 10.6 Å². The van der Waals surface area contributed by atoms with E-state index in [0.717, 1.165) is 5.56 Å². The smallest absolute Gasteiger partial charge is 0.120 e. The van der Waals surface area contributed by atoms with Gasteiger partial charge in [-0.05, 0) is 30.5 Å². The maximum atomic E-state index is 9.62. The lowest BCUT2D eigenvalue weighted by Gasteiger charge is -2.23. The van der Waals surface area contributed by atoms with E-state index in [2.05, 4.69) is 13.8 Å². The van der Waals surface area contributed by atoms with Crippen molar-refractivity contribution >= 4 is 11.6 Å². The van der Waals surface area contributed by atoms with Crippen molar-refractivity contribution in [1.82, 2.24) is 0 Å². The molecular weight excluding hydrogens is 198 g/mol. The number of halogens is 1. The minimum absolute atomic E-state index is 0.0392. The van der Waals surface area contributed by atoms with Gasteiger partial charge in [-0.1, -0.05) is 31.5 Å². The Labute approximate surface area is 89.7 Å². The Morgan fingerprint density at radius 3 is 2.57 bits per heavy atom. The van der Waals surface area contributed by atoms with Gasteiger partial charge < -0.3 is 10.8 Å². The number of phenolic OH excluding ortho intramolecular Hbond substituents is 1. The van der Waals surface area contributed by atoms with Gasteiger partial charge >= 0.3 is 0 Å². The molecule has 0 saturated heterocycles. The Morgan fingerprint density at radius 1 is 1.43 bits per heavy atom. The van der Waals surface area contributed by atoms with Gasteiger partial charge in [0.1, 0.15) is 5.75 Å². The highest BCUT2D eigenvalue weighted by Gasteiger charge is 2.19. The van der Waals surface area contributed by atoms with Crippen LogP contribution in [0.2, 0.25) is 5.02 Å². The van der Waals surface area contributed by atoms with Gasteiger partial charge in [-0.25, -0.2) is 0 Å². The van der Waals surface area contributed by atoms with Gasteiger partial charge in [0.05, 0.1) is 0 Å². The number of hydrogen-bond acceptors (Lipinski definition) is 2. The van der Waals surface area contributed by atoms with Gasteiger partial charge in [-0.2, -0.15) is 0 Å². The van der Waals surface area contributed by atoms with E-state index in [1.165, 1.54) is 0 Å². The molecule has 0 heterocycles. The molecule has 3 heteroatoms. The average molecular weight is 214 g/mol. The van der Waals surface area contributed by atoms with Crippen molar-refractivity contribution in [1.29, 1.82) is 0 Å². The number of phenols is 1. The van der Waals surface area contributed by atoms with E-state index in [4.69, 9.17) is 17.3 Å². The summed E-state index contributed by atoms with van der Waals surface area (Å²) in [5.74, 6) is 0.249. The SMILES string of the molecule is CC(C)(CN)Cc1c(O)cccc1Cl. The zero-order chi connectivity index (χ0) is 10.8. The fourth-order valence-electron chi connectivity index (χ4n) is 1.27. The molecule has 3 N–H and O–H groups in total. The third-order valence-electron chi connectivity index (χ3n) is 2.30. The monoisotopic (exact) mass is 213 g/mol. The molecule has 0 spiro atoms. The van der Waals surface area contributed by atoms with Gasteiger partial charge in [0.15, 0.2) is 0 Å². The molecule has 1 aromatic carbocycles. The molecule has 0 aromatic heterocycles. The summed E-state index contributed by atoms with van der Waals surface area (Å²) in [4.78, 5) is 0. The second-order valence-electron chi connectivity index (χ2n) is 4.28. The van der Waals surface area contributed by atoms with Crippen molar-refractivity contribution < 1.29 is 5.11 Å². The molecule has 0 aliphatic rings. The number of benzene rings is 1. The first-order valence-electron chi connectivity index (χ1n) is 4.63. The summed E-state index contributed by atoms with van der Waals surface area (Å²) in [6, 6.07) is 5.16. The summed E-state index contributed by atoms with van der Waals surface area (Å²) >= 11 is 5.99. The van der Waals surface area contributed by atoms with Crippen LogP contribution in [0, 0.1) is 5.41 Å². The standard InChI is InChI=1S/C11H16ClNO/c1-11(2,7-13)6-8-9(12)4-3-5-10(8)14/h3-5,14H,6-7,13H2,1-2H3. The van der Waals surface area contributed by atoms with Crippen LogP contribution in [0.25, 0.3) is 0 Å². The first-order chi connectivity index (χ1) is 6.46. The normalized spacial score (nSPS) is 11.7. The average Bonchev–Trinajstić information content (AvgIpc) is 2.12. The van der Waals surface area contributed by atoms with E-state index < -0.39 is 0 Å². The predicted molar refractivity (Wildman–Crippen MR) is 59.7 cm³/mol. The molecule has 0 unspecified atom stereocenters. The Morgan fingerprint density at radius 2 is 2.07 bits per heavy atom. The highest BCUT2D eigenvalue weighted by Crippen LogP contribution is 2.31. The van der Waals surface area contributed by atoms with E-state index >= 15 is 0 Å². The highest BCUT2D eigenvalue weighted by molar-refractivity contribution is 6.31. The van der Waals surface area contributed by atoms with Crippen LogP contribution in [-0.4, -0.2) is 11.7 Å². The van der Waals surface area contributed by atoms with E-state index in [-0.39, 0.29) is 11.2 Å². The first kappa shape index (κ1) is 11.3. The van der Waals surface area contributed by atoms with E-state index in [0.29, 0.717) is 18.0 Å². The quantitative estimate of drug-likeness (QED) is 0.811. The molecule has 0 atom stereocenters. The second-order valence-corrected chi connectivity index (χ2v) is 4.69. The summed E-state index contributed by atoms with van der Waals surface area (Å²) in [6.07, 6.45) is 0.689. The minimum atomic E-state index is -0.0392. The minimum Gasteiger partial charge on any atom is -0.508 e. The summed E-state index contributed by atoms with van der Waals surface area (Å²) in [5.41, 5.74) is 6.37. The van der Waals surface area contributed by atoms with E-state index in [1.54, 1.807) is 18.2 Å². The molecule has 0 saturated carbocycles. The Hall–Kier alpha value is -0.730. The predicted octanol–water partition coefficient (Wildman–Crippen LogP) is 2.57. The van der Waals surface area contributed by atoms with Crippen LogP contribution >= 0.6 is 11.6 Å². The number of hydrogen-bond donors (Lipinski definition) is 2. The van der Waals surface area contributed by atoms with Crippen LogP contribution in [0.1, 0.15) is 19.4 Å². The van der Waals surface area contributed by atoms with Crippen LogP contribution in [-0.2, 0) is 6.42 Å². The summed E-state index contributed by atoms with van der Waals surface area (Å²) in [7, 11) is 0. The number of aromatic hydroxyl groups is 1. The molecule has 2 nitrogen and oxygen atoms in total.